The Morgan fingerprint density at radius 1 is 0.972 bits per heavy atom. The zero-order chi connectivity index (χ0) is 25.7. The highest BCUT2D eigenvalue weighted by Gasteiger charge is 2.21. The number of allylic oxidation sites excluding steroid dienone is 1. The predicted octanol–water partition coefficient (Wildman–Crippen LogP) is 8.03. The van der Waals surface area contributed by atoms with Gasteiger partial charge in [0.05, 0.1) is 40.4 Å². The van der Waals surface area contributed by atoms with Crippen LogP contribution in [-0.4, -0.2) is 33.2 Å². The third kappa shape index (κ3) is 6.33. The van der Waals surface area contributed by atoms with E-state index in [-0.39, 0.29) is 17.9 Å². The summed E-state index contributed by atoms with van der Waals surface area (Å²) in [5.41, 5.74) is 2.92. The molecule has 0 bridgehead atoms. The molecule has 1 saturated heterocycles. The average molecular weight is 626 g/mol. The molecule has 4 aromatic rings. The van der Waals surface area contributed by atoms with E-state index < -0.39 is 0 Å². The van der Waals surface area contributed by atoms with Crippen molar-refractivity contribution in [1.82, 2.24) is 20.0 Å². The maximum absolute atomic E-state index is 14.0. The van der Waals surface area contributed by atoms with Crippen molar-refractivity contribution >= 4 is 53.7 Å². The van der Waals surface area contributed by atoms with Crippen LogP contribution in [0.15, 0.2) is 45.5 Å². The molecule has 6 nitrogen and oxygen atoms in total. The molecule has 0 amide bonds. The van der Waals surface area contributed by atoms with Gasteiger partial charge in [-0.05, 0) is 76.3 Å². The second kappa shape index (κ2) is 12.3. The fourth-order valence-electron chi connectivity index (χ4n) is 4.21. The van der Waals surface area contributed by atoms with Crippen LogP contribution in [0.3, 0.4) is 0 Å². The van der Waals surface area contributed by atoms with Gasteiger partial charge >= 0.3 is 0 Å². The van der Waals surface area contributed by atoms with E-state index in [2.05, 4.69) is 47.2 Å². The highest BCUT2D eigenvalue weighted by molar-refractivity contribution is 9.10. The summed E-state index contributed by atoms with van der Waals surface area (Å²) in [7, 11) is 0. The van der Waals surface area contributed by atoms with E-state index in [0.29, 0.717) is 26.5 Å². The van der Waals surface area contributed by atoms with Crippen molar-refractivity contribution in [2.45, 2.75) is 52.2 Å². The number of hydrogen-bond acceptors (Lipinski definition) is 4. The summed E-state index contributed by atoms with van der Waals surface area (Å²) >= 11 is 6.53. The number of halogens is 4. The van der Waals surface area contributed by atoms with Crippen molar-refractivity contribution < 1.29 is 18.3 Å². The van der Waals surface area contributed by atoms with Gasteiger partial charge in [0.1, 0.15) is 11.6 Å². The van der Waals surface area contributed by atoms with Gasteiger partial charge in [0.2, 0.25) is 0 Å². The molecule has 1 N–H and O–H groups in total. The van der Waals surface area contributed by atoms with Crippen molar-refractivity contribution in [2.75, 3.05) is 13.2 Å². The molecule has 192 valence electrons. The number of H-pyrrole nitrogens is 1. The number of aryl methyl sites for hydroxylation is 2. The van der Waals surface area contributed by atoms with E-state index in [1.54, 1.807) is 19.3 Å². The van der Waals surface area contributed by atoms with Gasteiger partial charge in [0.15, 0.2) is 6.23 Å². The Labute approximate surface area is 225 Å². The van der Waals surface area contributed by atoms with Gasteiger partial charge in [-0.1, -0.05) is 31.9 Å². The molecule has 0 saturated carbocycles. The molecule has 6 rings (SSSR count). The van der Waals surface area contributed by atoms with Gasteiger partial charge in [-0.25, -0.2) is 13.5 Å². The Balaban J connectivity index is 0.000000145. The summed E-state index contributed by atoms with van der Waals surface area (Å²) in [6.07, 6.45) is 9.28. The van der Waals surface area contributed by atoms with Crippen LogP contribution in [0.5, 0.6) is 0 Å². The zero-order valence-corrected chi connectivity index (χ0v) is 23.3. The van der Waals surface area contributed by atoms with E-state index >= 15 is 0 Å². The largest absolute Gasteiger partial charge is 0.502 e. The van der Waals surface area contributed by atoms with Gasteiger partial charge in [0, 0.05) is 21.2 Å². The number of rotatable bonds is 1. The van der Waals surface area contributed by atoms with Crippen LogP contribution in [-0.2, 0) is 9.47 Å². The molecule has 2 aromatic carbocycles. The normalized spacial score (nSPS) is 17.2. The number of aromatic nitrogens is 4. The highest BCUT2D eigenvalue weighted by Crippen LogP contribution is 2.31. The molecule has 2 aliphatic rings. The van der Waals surface area contributed by atoms with Gasteiger partial charge in [-0.3, -0.25) is 5.10 Å². The standard InChI is InChI=1S/C13H14BrFN2O.C8H6BrFN2.C5H8O/c1-8-13-10(15)6-9(14)7-11(13)17(16-8)12-4-2-3-5-18-12;1-4-8-6(10)2-5(9)3-7(8)12-11-4;1-2-4-6-5-3-1/h6-7,12H,2-5H2,1H3;2-3H,1H3,(H,11,12);2,4H,1,3,5H2. The lowest BCUT2D eigenvalue weighted by atomic mass is 10.1. The summed E-state index contributed by atoms with van der Waals surface area (Å²) in [5, 5.41) is 12.3. The Bertz CT molecular complexity index is 1360. The van der Waals surface area contributed by atoms with Gasteiger partial charge < -0.3 is 9.47 Å². The van der Waals surface area contributed by atoms with Crippen LogP contribution in [0.1, 0.15) is 49.7 Å². The summed E-state index contributed by atoms with van der Waals surface area (Å²) in [4.78, 5) is 0. The Morgan fingerprint density at radius 2 is 1.72 bits per heavy atom. The predicted molar refractivity (Wildman–Crippen MR) is 144 cm³/mol. The number of aromatic amines is 1. The third-order valence-corrected chi connectivity index (χ3v) is 6.82. The van der Waals surface area contributed by atoms with Crippen molar-refractivity contribution in [2.24, 2.45) is 0 Å². The molecular formula is C26H28Br2F2N4O2. The maximum Gasteiger partial charge on any atom is 0.150 e. The average Bonchev–Trinajstić information content (AvgIpc) is 3.41. The Morgan fingerprint density at radius 3 is 2.33 bits per heavy atom. The number of benzene rings is 2. The van der Waals surface area contributed by atoms with Crippen LogP contribution in [0.25, 0.3) is 21.8 Å². The Kier molecular flexibility index (Phi) is 9.14. The Hall–Kier alpha value is -2.30. The topological polar surface area (TPSA) is 65.0 Å². The van der Waals surface area contributed by atoms with Crippen LogP contribution in [0.4, 0.5) is 8.78 Å². The minimum atomic E-state index is -0.245. The smallest absolute Gasteiger partial charge is 0.150 e. The van der Waals surface area contributed by atoms with Crippen molar-refractivity contribution in [3.8, 4) is 0 Å². The van der Waals surface area contributed by atoms with Gasteiger partial charge in [-0.15, -0.1) is 0 Å². The lowest BCUT2D eigenvalue weighted by molar-refractivity contribution is -0.0368. The highest BCUT2D eigenvalue weighted by atomic mass is 79.9. The number of nitrogens with zero attached hydrogens (tertiary/aromatic N) is 3. The number of ether oxygens (including phenoxy) is 2. The quantitative estimate of drug-likeness (QED) is 0.233. The van der Waals surface area contributed by atoms with Crippen molar-refractivity contribution in [3.63, 3.8) is 0 Å². The van der Waals surface area contributed by atoms with Gasteiger partial charge in [-0.2, -0.15) is 10.2 Å². The molecule has 1 unspecified atom stereocenters. The van der Waals surface area contributed by atoms with E-state index in [1.807, 2.05) is 23.7 Å². The molecule has 1 atom stereocenters. The van der Waals surface area contributed by atoms with Crippen LogP contribution >= 0.6 is 31.9 Å². The fraction of sp³-hybridized carbons (Fsp3) is 0.385. The first-order valence-corrected chi connectivity index (χ1v) is 13.5. The van der Waals surface area contributed by atoms with E-state index in [9.17, 15) is 8.78 Å². The molecule has 0 spiro atoms. The van der Waals surface area contributed by atoms with Crippen molar-refractivity contribution in [3.05, 3.63) is 68.6 Å². The maximum atomic E-state index is 14.0. The number of nitrogens with one attached hydrogen (secondary N) is 1. The van der Waals surface area contributed by atoms with E-state index in [0.717, 1.165) is 48.2 Å². The first-order chi connectivity index (χ1) is 17.3. The molecule has 0 radical (unpaired) electrons. The minimum absolute atomic E-state index is 0.0661. The molecule has 2 aliphatic heterocycles. The number of hydrogen-bond donors (Lipinski definition) is 1. The lowest BCUT2D eigenvalue weighted by Gasteiger charge is -2.23. The van der Waals surface area contributed by atoms with Crippen LogP contribution in [0.2, 0.25) is 0 Å². The minimum Gasteiger partial charge on any atom is -0.502 e. The van der Waals surface area contributed by atoms with Gasteiger partial charge in [0.25, 0.3) is 0 Å². The SMILES string of the molecule is C1=COCCC1.Cc1[nH]nc2cc(Br)cc(F)c12.Cc1nn(C2CCCCO2)c2cc(Br)cc(F)c12. The summed E-state index contributed by atoms with van der Waals surface area (Å²) < 4.78 is 41.1. The molecular weight excluding hydrogens is 598 g/mol. The molecule has 10 heteroatoms. The molecule has 36 heavy (non-hydrogen) atoms. The van der Waals surface area contributed by atoms with E-state index in [4.69, 9.17) is 9.47 Å². The monoisotopic (exact) mass is 624 g/mol. The second-order valence-corrected chi connectivity index (χ2v) is 10.5. The zero-order valence-electron chi connectivity index (χ0n) is 20.2. The second-order valence-electron chi connectivity index (χ2n) is 8.65. The first-order valence-electron chi connectivity index (χ1n) is 11.9. The summed E-state index contributed by atoms with van der Waals surface area (Å²) in [5.74, 6) is -0.482. The number of fused-ring (bicyclic) bond motifs is 2. The fourth-order valence-corrected chi connectivity index (χ4v) is 5.04. The third-order valence-electron chi connectivity index (χ3n) is 5.91. The van der Waals surface area contributed by atoms with Crippen LogP contribution < -0.4 is 0 Å². The summed E-state index contributed by atoms with van der Waals surface area (Å²) in [6.45, 7) is 5.29. The molecule has 2 aromatic heterocycles. The first kappa shape index (κ1) is 26.8. The molecule has 1 fully saturated rings. The van der Waals surface area contributed by atoms with Crippen LogP contribution in [0, 0.1) is 25.5 Å². The molecule has 4 heterocycles. The molecule has 0 aliphatic carbocycles. The summed E-state index contributed by atoms with van der Waals surface area (Å²) in [6, 6.07) is 6.59. The lowest BCUT2D eigenvalue weighted by Crippen LogP contribution is -2.19. The van der Waals surface area contributed by atoms with Crippen molar-refractivity contribution in [1.29, 1.82) is 0 Å². The van der Waals surface area contributed by atoms with E-state index in [1.165, 1.54) is 25.0 Å².